The van der Waals surface area contributed by atoms with E-state index in [4.69, 9.17) is 109 Å². The predicted molar refractivity (Wildman–Crippen MR) is 452 cm³/mol. The molecule has 0 aromatic rings. The van der Waals surface area contributed by atoms with Gasteiger partial charge in [-0.1, -0.05) is 0 Å². The van der Waals surface area contributed by atoms with Crippen LogP contribution in [0.25, 0.3) is 0 Å². The molecule has 0 radical (unpaired) electrons. The zero-order valence-corrected chi connectivity index (χ0v) is 79.2. The largest absolute Gasteiger partial charge is 0.394 e. The Bertz CT molecular complexity index is 4110. The molecule has 12 rings (SSSR count). The summed E-state index contributed by atoms with van der Waals surface area (Å²) in [6, 6.07) is -10.1. The van der Waals surface area contributed by atoms with Gasteiger partial charge in [-0.2, -0.15) is 0 Å². The van der Waals surface area contributed by atoms with Crippen LogP contribution in [-0.2, 0) is 133 Å². The minimum absolute atomic E-state index is 0.873. The van der Waals surface area contributed by atoms with Crippen LogP contribution in [0.15, 0.2) is 0 Å². The smallest absolute Gasteiger partial charge is 0.217 e. The van der Waals surface area contributed by atoms with E-state index < -0.39 is 470 Å². The standard InChI is InChI=1S/C82H137N5O60/c1-18-40(102)51(113)56(118)76(127-18)125-17-34-67(46(108)35(71(124)128-34)83-19(2)97)140-73-37(85-21(4)99)48(110)65(31(14-95)134-73)144-80-61(123)68(145-82-69(55(117)44(106)27(10-91)132-82)146-74-38(86-22(5)100)49(111)63(29(12-93)135-74)142-78-58(120)53(115)42(104)25(8-89)130-78)45(107)33(138-80)16-126-81-70(147-75-39(87-23(6)101)50(112)64(30(13-94)136-75)143-79-59(121)54(116)43(105)26(9-90)131-79)60(122)66(32(15-96)137-81)139-72-36(84-20(3)98)47(109)62(28(11-92)133-72)141-77-57(119)52(114)41(103)24(7-88)129-77/h18,24-82,88-96,102-124H,7-17H2,1-6H3,(H,83,97)(H,84,98)(H,85,99)(H,86,100)(H,87,101)/t18-,24-,25-,26-,27-,28-,29-,30-,31-,32-,33-,34-,35-,36-,37-,38-,39-,40+,41+,42+,43+,44-,45-,46-,47-,48-,49-,50-,51+,52+,53+,54+,55+,56-,57-,58-,59+,60+,61+,62-,63-,64-,65-,66-,67-,68+,69+,70+,71-,72+,73+,74+,75+,76+,77+,78+,79+,80+,81+,82-/m1/s1. The SMILES string of the molecule is CC(=O)N[C@@H]1[C@@H](O)[C@H](O[C@@H]2O[C@H](CO)[C@@H](O[C@@H]3O[C@H](CO[C@H]4O[C@H](CO)[C@@H](O[C@@H]5O[C@H](CO)[C@@H](O[C@@H]6O[C@H](CO)[C@H](O)[C@H](O)[C@H]6O)[C@H](O)[C@H]5NC(C)=O)[C@H](O)[C@@H]4O[C@@H]4O[C@H](CO)[C@@H](O[C@@H]5O[C@H](CO)[C@H](O)[C@H](O)[C@@H]5O)[C@H](O)[C@H]4NC(C)=O)[C@@H](O)[C@H](O[C@H]4O[C@H](CO)[C@@H](O)[C@H](O)[C@@H]4O[C@@H]4O[C@H](CO)[C@@H](O[C@@H]5O[C@H](CO)[C@H](O)[C@H](O)[C@H]5O)[C@H](O)[C@H]4NC(C)=O)[C@@H]3O)[C@H](O)[C@H]2NC(C)=O)[C@@H](CO[C@H]2O[C@H](C)[C@H](O)[C@H](O)[C@H]2O)O[C@H]1O. The maximum absolute atomic E-state index is 13.5. The maximum atomic E-state index is 13.5. The summed E-state index contributed by atoms with van der Waals surface area (Å²) in [6.45, 7) is -7.26. The van der Waals surface area contributed by atoms with Gasteiger partial charge in [0, 0.05) is 34.6 Å². The van der Waals surface area contributed by atoms with Crippen LogP contribution in [0.3, 0.4) is 0 Å². The van der Waals surface area contributed by atoms with E-state index in [1.807, 2.05) is 0 Å². The molecule has 850 valence electrons. The Morgan fingerprint density at radius 1 is 0.190 bits per heavy atom. The van der Waals surface area contributed by atoms with Crippen molar-refractivity contribution in [2.24, 2.45) is 0 Å². The summed E-state index contributed by atoms with van der Waals surface area (Å²) < 4.78 is 139. The van der Waals surface area contributed by atoms with Crippen LogP contribution in [0, 0.1) is 0 Å². The number of amides is 5. The highest BCUT2D eigenvalue weighted by Crippen LogP contribution is 2.43. The highest BCUT2D eigenvalue weighted by Gasteiger charge is 2.64. The van der Waals surface area contributed by atoms with Crippen molar-refractivity contribution >= 4 is 29.5 Å². The second-order valence-electron chi connectivity index (χ2n) is 37.3. The Morgan fingerprint density at radius 3 is 0.762 bits per heavy atom. The van der Waals surface area contributed by atoms with Gasteiger partial charge in [0.2, 0.25) is 29.5 Å². The Kier molecular flexibility index (Phi) is 43.4. The van der Waals surface area contributed by atoms with E-state index in [9.17, 15) is 187 Å². The first-order chi connectivity index (χ1) is 69.5. The molecule has 0 spiro atoms. The molecule has 65 nitrogen and oxygen atoms in total. The van der Waals surface area contributed by atoms with Crippen LogP contribution in [0.4, 0.5) is 0 Å². The predicted octanol–water partition coefficient (Wildman–Crippen LogP) is -25.4. The lowest BCUT2D eigenvalue weighted by Gasteiger charge is -2.51. The quantitative estimate of drug-likeness (QED) is 0.0273. The van der Waals surface area contributed by atoms with Gasteiger partial charge in [-0.3, -0.25) is 24.0 Å². The number of hydrogen-bond acceptors (Lipinski definition) is 60. The van der Waals surface area contributed by atoms with Gasteiger partial charge in [0.15, 0.2) is 75.5 Å². The average Bonchev–Trinajstić information content (AvgIpc) is 0.757. The van der Waals surface area contributed by atoms with E-state index in [1.54, 1.807) is 0 Å². The molecule has 0 aliphatic carbocycles. The topological polar surface area (TPSA) is 1010 Å². The summed E-state index contributed by atoms with van der Waals surface area (Å²) in [6.07, 6.45) is -119. The van der Waals surface area contributed by atoms with E-state index in [0.717, 1.165) is 34.6 Å². The number of carbonyl (C=O) groups is 5. The van der Waals surface area contributed by atoms with E-state index in [2.05, 4.69) is 26.6 Å². The van der Waals surface area contributed by atoms with Crippen molar-refractivity contribution in [1.82, 2.24) is 26.6 Å². The van der Waals surface area contributed by atoms with E-state index in [0.29, 0.717) is 0 Å². The Hall–Kier alpha value is -4.85. The molecule has 0 bridgehead atoms. The molecular formula is C82H137N5O60. The fraction of sp³-hybridized carbons (Fsp3) is 0.939. The van der Waals surface area contributed by atoms with Crippen molar-refractivity contribution < 1.29 is 296 Å². The number of ether oxygens (including phenoxy) is 23. The third-order valence-electron chi connectivity index (χ3n) is 27.0. The highest BCUT2D eigenvalue weighted by atomic mass is 16.8. The number of hydrogen-bond donors (Lipinski definition) is 37. The van der Waals surface area contributed by atoms with Gasteiger partial charge in [-0.15, -0.1) is 0 Å². The van der Waals surface area contributed by atoms with Crippen molar-refractivity contribution in [3.63, 3.8) is 0 Å². The first-order valence-corrected chi connectivity index (χ1v) is 47.0. The van der Waals surface area contributed by atoms with Crippen LogP contribution >= 0.6 is 0 Å². The molecule has 0 unspecified atom stereocenters. The zero-order valence-electron chi connectivity index (χ0n) is 79.2. The third-order valence-corrected chi connectivity index (χ3v) is 27.0. The van der Waals surface area contributed by atoms with Crippen molar-refractivity contribution in [1.29, 1.82) is 0 Å². The number of rotatable bonds is 38. The fourth-order valence-corrected chi connectivity index (χ4v) is 19.2. The Labute approximate surface area is 832 Å². The highest BCUT2D eigenvalue weighted by molar-refractivity contribution is 5.75. The second-order valence-corrected chi connectivity index (χ2v) is 37.3. The number of carbonyl (C=O) groups excluding carboxylic acids is 5. The molecule has 147 heavy (non-hydrogen) atoms. The molecule has 65 heteroatoms. The molecule has 12 heterocycles. The molecule has 0 aromatic carbocycles. The molecule has 60 atom stereocenters. The summed E-state index contributed by atoms with van der Waals surface area (Å²) in [5, 5.41) is 374. The van der Waals surface area contributed by atoms with Gasteiger partial charge in [-0.05, 0) is 6.92 Å². The van der Waals surface area contributed by atoms with E-state index >= 15 is 0 Å². The second kappa shape index (κ2) is 52.8. The Morgan fingerprint density at radius 2 is 0.422 bits per heavy atom. The zero-order chi connectivity index (χ0) is 108. The molecule has 0 aromatic heterocycles. The van der Waals surface area contributed by atoms with Gasteiger partial charge < -0.3 is 299 Å². The fourth-order valence-electron chi connectivity index (χ4n) is 19.2. The van der Waals surface area contributed by atoms with Gasteiger partial charge in [0.1, 0.15) is 287 Å². The molecule has 12 aliphatic heterocycles. The number of aliphatic hydroxyl groups excluding tert-OH is 32. The summed E-state index contributed by atoms with van der Waals surface area (Å²) in [4.78, 5) is 65.9. The van der Waals surface area contributed by atoms with Gasteiger partial charge in [0.05, 0.1) is 78.8 Å². The normalized spacial score (nSPS) is 49.6. The number of aliphatic hydroxyl groups is 32. The first-order valence-electron chi connectivity index (χ1n) is 47.0. The molecule has 12 fully saturated rings. The summed E-state index contributed by atoms with van der Waals surface area (Å²) in [5.74, 6) is -5.03. The molecule has 0 saturated carbocycles. The summed E-state index contributed by atoms with van der Waals surface area (Å²) in [7, 11) is 0. The molecular weight excluding hydrogens is 2010 g/mol. The lowest BCUT2D eigenvalue weighted by Crippen LogP contribution is -2.71. The maximum Gasteiger partial charge on any atom is 0.217 e. The lowest BCUT2D eigenvalue weighted by molar-refractivity contribution is -0.401. The van der Waals surface area contributed by atoms with Crippen molar-refractivity contribution in [3.8, 4) is 0 Å². The van der Waals surface area contributed by atoms with Crippen molar-refractivity contribution in [3.05, 3.63) is 0 Å². The van der Waals surface area contributed by atoms with E-state index in [1.165, 1.54) is 6.92 Å². The monoisotopic (exact) mass is 2150 g/mol. The molecule has 37 N–H and O–H groups in total. The van der Waals surface area contributed by atoms with Crippen molar-refractivity contribution in [2.75, 3.05) is 72.7 Å². The molecule has 12 aliphatic rings. The van der Waals surface area contributed by atoms with Gasteiger partial charge >= 0.3 is 0 Å². The minimum Gasteiger partial charge on any atom is -0.394 e. The van der Waals surface area contributed by atoms with Crippen LogP contribution in [0.5, 0.6) is 0 Å². The van der Waals surface area contributed by atoms with Gasteiger partial charge in [-0.25, -0.2) is 0 Å². The van der Waals surface area contributed by atoms with Crippen LogP contribution in [0.1, 0.15) is 41.5 Å². The van der Waals surface area contributed by atoms with Crippen LogP contribution in [0.2, 0.25) is 0 Å². The Balaban J connectivity index is 0.921. The number of nitrogens with one attached hydrogen (secondary N) is 5. The van der Waals surface area contributed by atoms with Crippen LogP contribution < -0.4 is 26.6 Å². The molecule has 12 saturated heterocycles. The lowest BCUT2D eigenvalue weighted by atomic mass is 9.93. The first kappa shape index (κ1) is 121. The van der Waals surface area contributed by atoms with Crippen molar-refractivity contribution in [2.45, 2.75) is 410 Å². The molecule has 5 amide bonds. The average molecular weight is 2150 g/mol. The van der Waals surface area contributed by atoms with E-state index in [-0.39, 0.29) is 0 Å². The van der Waals surface area contributed by atoms with Crippen LogP contribution in [-0.4, -0.2) is 634 Å². The van der Waals surface area contributed by atoms with Gasteiger partial charge in [0.25, 0.3) is 0 Å². The summed E-state index contributed by atoms with van der Waals surface area (Å²) in [5.41, 5.74) is 0. The third kappa shape index (κ3) is 26.8. The minimum atomic E-state index is -2.75. The summed E-state index contributed by atoms with van der Waals surface area (Å²) >= 11 is 0.